The van der Waals surface area contributed by atoms with Crippen molar-refractivity contribution in [3.05, 3.63) is 5.01 Å². The van der Waals surface area contributed by atoms with Crippen LogP contribution in [0.1, 0.15) is 23.1 Å². The highest BCUT2D eigenvalue weighted by atomic mass is 32.1. The lowest BCUT2D eigenvalue weighted by molar-refractivity contribution is 0.0383. The maximum absolute atomic E-state index is 11.9. The van der Waals surface area contributed by atoms with Crippen LogP contribution in [0.3, 0.4) is 0 Å². The minimum absolute atomic E-state index is 0.152. The predicted octanol–water partition coefficient (Wildman–Crippen LogP) is 0.422. The van der Waals surface area contributed by atoms with Crippen molar-refractivity contribution in [2.24, 2.45) is 0 Å². The second kappa shape index (κ2) is 8.13. The third-order valence-electron chi connectivity index (χ3n) is 2.96. The Morgan fingerprint density at radius 2 is 2.15 bits per heavy atom. The highest BCUT2D eigenvalue weighted by molar-refractivity contribution is 7.17. The van der Waals surface area contributed by atoms with E-state index in [2.05, 4.69) is 32.7 Å². The van der Waals surface area contributed by atoms with E-state index < -0.39 is 0 Å². The summed E-state index contributed by atoms with van der Waals surface area (Å²) in [6.07, 6.45) is 1.01. The molecule has 1 amide bonds. The molecule has 0 atom stereocenters. The van der Waals surface area contributed by atoms with Crippen molar-refractivity contribution in [2.75, 3.05) is 51.3 Å². The van der Waals surface area contributed by atoms with E-state index in [1.807, 2.05) is 0 Å². The summed E-state index contributed by atoms with van der Waals surface area (Å²) in [4.78, 5) is 14.2. The largest absolute Gasteiger partial charge is 0.379 e. The summed E-state index contributed by atoms with van der Waals surface area (Å²) < 4.78 is 5.28. The molecule has 20 heavy (non-hydrogen) atoms. The molecule has 0 aromatic carbocycles. The van der Waals surface area contributed by atoms with Crippen molar-refractivity contribution in [2.45, 2.75) is 13.3 Å². The summed E-state index contributed by atoms with van der Waals surface area (Å²) in [5.74, 6) is -0.152. The Labute approximate surface area is 122 Å². The maximum atomic E-state index is 11.9. The van der Waals surface area contributed by atoms with Crippen LogP contribution in [-0.4, -0.2) is 66.9 Å². The molecule has 2 heterocycles. The first-order valence-electron chi connectivity index (χ1n) is 6.95. The summed E-state index contributed by atoms with van der Waals surface area (Å²) in [5.41, 5.74) is 0. The number of nitrogens with one attached hydrogen (secondary N) is 2. The Kier molecular flexibility index (Phi) is 6.16. The van der Waals surface area contributed by atoms with Gasteiger partial charge in [-0.2, -0.15) is 0 Å². The van der Waals surface area contributed by atoms with Gasteiger partial charge in [-0.3, -0.25) is 9.69 Å². The van der Waals surface area contributed by atoms with Crippen molar-refractivity contribution in [1.82, 2.24) is 20.4 Å². The Morgan fingerprint density at radius 3 is 2.90 bits per heavy atom. The van der Waals surface area contributed by atoms with Gasteiger partial charge in [0.2, 0.25) is 10.1 Å². The van der Waals surface area contributed by atoms with Gasteiger partial charge in [-0.25, -0.2) is 0 Å². The monoisotopic (exact) mass is 299 g/mol. The quantitative estimate of drug-likeness (QED) is 0.760. The summed E-state index contributed by atoms with van der Waals surface area (Å²) in [7, 11) is 0. The molecule has 1 fully saturated rings. The maximum Gasteiger partial charge on any atom is 0.282 e. The van der Waals surface area contributed by atoms with Crippen LogP contribution in [0.4, 0.5) is 5.13 Å². The molecule has 1 saturated heterocycles. The molecule has 0 bridgehead atoms. The summed E-state index contributed by atoms with van der Waals surface area (Å²) >= 11 is 1.29. The number of aromatic nitrogens is 2. The number of carbonyl (C=O) groups is 1. The third-order valence-corrected chi connectivity index (χ3v) is 3.84. The van der Waals surface area contributed by atoms with Crippen molar-refractivity contribution in [3.8, 4) is 0 Å². The van der Waals surface area contributed by atoms with Gasteiger partial charge < -0.3 is 15.4 Å². The molecule has 0 saturated carbocycles. The fourth-order valence-corrected chi connectivity index (χ4v) is 2.53. The van der Waals surface area contributed by atoms with E-state index in [-0.39, 0.29) is 5.91 Å². The van der Waals surface area contributed by atoms with E-state index in [9.17, 15) is 4.79 Å². The number of hydrogen-bond donors (Lipinski definition) is 2. The first-order valence-corrected chi connectivity index (χ1v) is 7.77. The van der Waals surface area contributed by atoms with Gasteiger partial charge in [0, 0.05) is 32.7 Å². The van der Waals surface area contributed by atoms with Crippen LogP contribution >= 0.6 is 11.3 Å². The zero-order chi connectivity index (χ0) is 14.2. The second-order valence-corrected chi connectivity index (χ2v) is 5.53. The molecule has 1 aromatic rings. The Hall–Kier alpha value is -1.25. The molecule has 8 heteroatoms. The number of nitrogens with zero attached hydrogens (tertiary/aromatic N) is 3. The lowest BCUT2D eigenvalue weighted by atomic mass is 10.4. The zero-order valence-electron chi connectivity index (χ0n) is 11.7. The van der Waals surface area contributed by atoms with Crippen LogP contribution in [0.25, 0.3) is 0 Å². The summed E-state index contributed by atoms with van der Waals surface area (Å²) in [5, 5.41) is 14.9. The molecule has 2 rings (SSSR count). The highest BCUT2D eigenvalue weighted by Crippen LogP contribution is 2.14. The van der Waals surface area contributed by atoms with Gasteiger partial charge in [-0.15, -0.1) is 10.2 Å². The Bertz CT molecular complexity index is 420. The molecule has 1 aliphatic rings. The van der Waals surface area contributed by atoms with E-state index in [0.29, 0.717) is 16.7 Å². The zero-order valence-corrected chi connectivity index (χ0v) is 12.5. The van der Waals surface area contributed by atoms with Crippen LogP contribution in [0.5, 0.6) is 0 Å². The van der Waals surface area contributed by atoms with Gasteiger partial charge in [0.25, 0.3) is 5.91 Å². The van der Waals surface area contributed by atoms with Gasteiger partial charge in [0.15, 0.2) is 0 Å². The molecule has 0 spiro atoms. The second-order valence-electron chi connectivity index (χ2n) is 4.55. The van der Waals surface area contributed by atoms with Gasteiger partial charge in [0.1, 0.15) is 0 Å². The van der Waals surface area contributed by atoms with E-state index in [4.69, 9.17) is 4.74 Å². The number of morpholine rings is 1. The average Bonchev–Trinajstić information content (AvgIpc) is 2.95. The molecule has 0 radical (unpaired) electrons. The molecule has 1 aliphatic heterocycles. The smallest absolute Gasteiger partial charge is 0.282 e. The number of anilines is 1. The topological polar surface area (TPSA) is 79.4 Å². The minimum atomic E-state index is -0.152. The van der Waals surface area contributed by atoms with Crippen molar-refractivity contribution < 1.29 is 9.53 Å². The number of carbonyl (C=O) groups excluding carboxylic acids is 1. The molecular formula is C12H21N5O2S. The van der Waals surface area contributed by atoms with Crippen LogP contribution in [0.15, 0.2) is 0 Å². The first-order chi connectivity index (χ1) is 9.79. The molecule has 1 aromatic heterocycles. The number of ether oxygens (including phenoxy) is 1. The molecule has 0 aliphatic carbocycles. The van der Waals surface area contributed by atoms with Crippen LogP contribution in [0, 0.1) is 0 Å². The van der Waals surface area contributed by atoms with Crippen molar-refractivity contribution >= 4 is 22.4 Å². The SMILES string of the molecule is CCCNc1nnc(C(=O)NCCN2CCOCC2)s1. The van der Waals surface area contributed by atoms with Crippen LogP contribution < -0.4 is 10.6 Å². The fraction of sp³-hybridized carbons (Fsp3) is 0.750. The Balaban J connectivity index is 1.69. The fourth-order valence-electron chi connectivity index (χ4n) is 1.85. The highest BCUT2D eigenvalue weighted by Gasteiger charge is 2.14. The number of amides is 1. The number of rotatable bonds is 7. The van der Waals surface area contributed by atoms with Crippen molar-refractivity contribution in [1.29, 1.82) is 0 Å². The summed E-state index contributed by atoms with van der Waals surface area (Å²) in [6, 6.07) is 0. The van der Waals surface area contributed by atoms with E-state index >= 15 is 0 Å². The summed E-state index contributed by atoms with van der Waals surface area (Å²) in [6.45, 7) is 7.79. The third kappa shape index (κ3) is 4.69. The van der Waals surface area contributed by atoms with Crippen LogP contribution in [0.2, 0.25) is 0 Å². The van der Waals surface area contributed by atoms with E-state index in [1.165, 1.54) is 11.3 Å². The van der Waals surface area contributed by atoms with Gasteiger partial charge >= 0.3 is 0 Å². The molecule has 2 N–H and O–H groups in total. The van der Waals surface area contributed by atoms with Crippen LogP contribution in [-0.2, 0) is 4.74 Å². The van der Waals surface area contributed by atoms with E-state index in [0.717, 1.165) is 45.8 Å². The van der Waals surface area contributed by atoms with Crippen molar-refractivity contribution in [3.63, 3.8) is 0 Å². The van der Waals surface area contributed by atoms with Gasteiger partial charge in [-0.05, 0) is 6.42 Å². The number of hydrogen-bond acceptors (Lipinski definition) is 7. The molecule has 112 valence electrons. The lowest BCUT2D eigenvalue weighted by Crippen LogP contribution is -2.41. The lowest BCUT2D eigenvalue weighted by Gasteiger charge is -2.26. The first kappa shape index (κ1) is 15.1. The van der Waals surface area contributed by atoms with E-state index in [1.54, 1.807) is 0 Å². The standard InChI is InChI=1S/C12H21N5O2S/c1-2-3-14-12-16-15-11(20-12)10(18)13-4-5-17-6-8-19-9-7-17/h2-9H2,1H3,(H,13,18)(H,14,16). The molecular weight excluding hydrogens is 278 g/mol. The average molecular weight is 299 g/mol. The normalized spacial score (nSPS) is 16.1. The van der Waals surface area contributed by atoms with Gasteiger partial charge in [-0.1, -0.05) is 18.3 Å². The molecule has 0 unspecified atom stereocenters. The Morgan fingerprint density at radius 1 is 1.35 bits per heavy atom. The molecule has 7 nitrogen and oxygen atoms in total. The minimum Gasteiger partial charge on any atom is -0.379 e. The van der Waals surface area contributed by atoms with Gasteiger partial charge in [0.05, 0.1) is 13.2 Å². The predicted molar refractivity (Wildman–Crippen MR) is 78.3 cm³/mol.